The minimum atomic E-state index is -3.79. The van der Waals surface area contributed by atoms with Gasteiger partial charge in [-0.05, 0) is 13.0 Å². The minimum Gasteiger partial charge on any atom is -0.468 e. The van der Waals surface area contributed by atoms with E-state index in [0.29, 0.717) is 6.54 Å². The average molecular weight is 319 g/mol. The molecule has 2 aliphatic rings. The lowest BCUT2D eigenvalue weighted by Gasteiger charge is -2.10. The summed E-state index contributed by atoms with van der Waals surface area (Å²) in [6.07, 6.45) is 0.183. The first-order valence-electron chi connectivity index (χ1n) is 6.15. The normalized spacial score (nSPS) is 21.7. The van der Waals surface area contributed by atoms with Crippen molar-refractivity contribution >= 4 is 27.5 Å². The van der Waals surface area contributed by atoms with Gasteiger partial charge in [0.05, 0.1) is 25.5 Å². The van der Waals surface area contributed by atoms with Gasteiger partial charge in [0.2, 0.25) is 5.91 Å². The van der Waals surface area contributed by atoms with Crippen LogP contribution < -0.4 is 5.32 Å². The van der Waals surface area contributed by atoms with Crippen molar-refractivity contribution < 1.29 is 32.6 Å². The molecule has 2 atom stereocenters. The highest BCUT2D eigenvalue weighted by atomic mass is 32.2. The second kappa shape index (κ2) is 6.81. The van der Waals surface area contributed by atoms with Gasteiger partial charge >= 0.3 is 5.97 Å². The fourth-order valence-corrected chi connectivity index (χ4v) is 2.85. The first-order valence-corrected chi connectivity index (χ1v) is 7.87. The standard InChI is InChI=1S/C10H14O6S.C2H3NO/c1-6(10(13)16-2)17(14,15)5-7-3-8(11)4-9(7)12;4-2-1-3-2/h3,6,8,11H,4-5H2,1-2H3;1H2,(H,3,4). The number of rotatable bonds is 4. The predicted molar refractivity (Wildman–Crippen MR) is 72.0 cm³/mol. The highest BCUT2D eigenvalue weighted by Crippen LogP contribution is 2.18. The van der Waals surface area contributed by atoms with Gasteiger partial charge in [-0.3, -0.25) is 14.4 Å². The van der Waals surface area contributed by atoms with E-state index in [4.69, 9.17) is 0 Å². The quantitative estimate of drug-likeness (QED) is 0.467. The molecular formula is C12H17NO7S. The molecule has 1 amide bonds. The molecule has 1 saturated heterocycles. The molecule has 2 N–H and O–H groups in total. The lowest BCUT2D eigenvalue weighted by molar-refractivity contribution is -0.139. The van der Waals surface area contributed by atoms with Crippen LogP contribution in [0, 0.1) is 0 Å². The SMILES string of the molecule is COC(=O)C(C)S(=O)(=O)CC1=CC(O)CC1=O.O=C1CN1. The number of amides is 1. The van der Waals surface area contributed by atoms with Gasteiger partial charge in [-0.2, -0.15) is 0 Å². The van der Waals surface area contributed by atoms with Crippen molar-refractivity contribution in [1.82, 2.24) is 5.32 Å². The van der Waals surface area contributed by atoms with Gasteiger partial charge in [0, 0.05) is 12.0 Å². The Hall–Kier alpha value is -1.74. The van der Waals surface area contributed by atoms with E-state index in [1.807, 2.05) is 0 Å². The number of sulfone groups is 1. The number of hydrogen-bond donors (Lipinski definition) is 2. The maximum Gasteiger partial charge on any atom is 0.323 e. The van der Waals surface area contributed by atoms with E-state index < -0.39 is 38.7 Å². The summed E-state index contributed by atoms with van der Waals surface area (Å²) in [6.45, 7) is 1.80. The third-order valence-electron chi connectivity index (χ3n) is 2.90. The Bertz CT molecular complexity index is 572. The largest absolute Gasteiger partial charge is 0.468 e. The van der Waals surface area contributed by atoms with E-state index in [2.05, 4.69) is 10.1 Å². The topological polar surface area (TPSA) is 137 Å². The number of methoxy groups -OCH3 is 1. The number of hydrogen-bond acceptors (Lipinski definition) is 7. The van der Waals surface area contributed by atoms with E-state index in [-0.39, 0.29) is 17.9 Å². The van der Waals surface area contributed by atoms with Gasteiger partial charge in [0.1, 0.15) is 0 Å². The molecule has 0 saturated carbocycles. The van der Waals surface area contributed by atoms with Crippen LogP contribution >= 0.6 is 0 Å². The molecule has 9 heteroatoms. The summed E-state index contributed by atoms with van der Waals surface area (Å²) in [4.78, 5) is 31.9. The molecule has 0 aromatic rings. The zero-order valence-corrected chi connectivity index (χ0v) is 12.5. The van der Waals surface area contributed by atoms with Gasteiger partial charge in [0.15, 0.2) is 20.9 Å². The molecule has 0 bridgehead atoms. The molecule has 1 aliphatic carbocycles. The third kappa shape index (κ3) is 5.27. The summed E-state index contributed by atoms with van der Waals surface area (Å²) in [5.74, 6) is -1.64. The first-order chi connectivity index (χ1) is 9.67. The van der Waals surface area contributed by atoms with Crippen LogP contribution in [-0.4, -0.2) is 61.9 Å². The molecule has 0 radical (unpaired) electrons. The molecule has 1 heterocycles. The number of ether oxygens (including phenoxy) is 1. The summed E-state index contributed by atoms with van der Waals surface area (Å²) in [6, 6.07) is 0. The Morgan fingerprint density at radius 2 is 2.05 bits per heavy atom. The number of carbonyl (C=O) groups excluding carboxylic acids is 3. The van der Waals surface area contributed by atoms with Crippen molar-refractivity contribution in [2.45, 2.75) is 24.7 Å². The Labute approximate surface area is 122 Å². The monoisotopic (exact) mass is 319 g/mol. The first kappa shape index (κ1) is 17.3. The van der Waals surface area contributed by atoms with Gasteiger partial charge in [-0.25, -0.2) is 8.42 Å². The van der Waals surface area contributed by atoms with Crippen LogP contribution in [0.1, 0.15) is 13.3 Å². The van der Waals surface area contributed by atoms with Gasteiger partial charge in [-0.1, -0.05) is 0 Å². The van der Waals surface area contributed by atoms with Crippen LogP contribution in [0.5, 0.6) is 0 Å². The molecule has 2 rings (SSSR count). The maximum absolute atomic E-state index is 11.8. The average Bonchev–Trinajstić information content (AvgIpc) is 3.12. The number of esters is 1. The van der Waals surface area contributed by atoms with Crippen molar-refractivity contribution in [3.05, 3.63) is 11.6 Å². The van der Waals surface area contributed by atoms with Crippen LogP contribution in [0.25, 0.3) is 0 Å². The van der Waals surface area contributed by atoms with E-state index in [9.17, 15) is 27.9 Å². The number of ketones is 1. The van der Waals surface area contributed by atoms with Crippen molar-refractivity contribution in [2.75, 3.05) is 19.4 Å². The molecule has 0 aromatic heterocycles. The van der Waals surface area contributed by atoms with E-state index in [0.717, 1.165) is 7.11 Å². The maximum atomic E-state index is 11.8. The molecular weight excluding hydrogens is 302 g/mol. The molecule has 0 aromatic carbocycles. The molecule has 118 valence electrons. The van der Waals surface area contributed by atoms with E-state index in [1.165, 1.54) is 13.0 Å². The Morgan fingerprint density at radius 1 is 1.52 bits per heavy atom. The van der Waals surface area contributed by atoms with Crippen LogP contribution in [-0.2, 0) is 29.0 Å². The number of nitrogens with one attached hydrogen (secondary N) is 1. The second-order valence-corrected chi connectivity index (χ2v) is 6.96. The molecule has 1 aliphatic heterocycles. The summed E-state index contributed by atoms with van der Waals surface area (Å²) in [5.41, 5.74) is 0.0354. The third-order valence-corrected chi connectivity index (χ3v) is 4.88. The summed E-state index contributed by atoms with van der Waals surface area (Å²) < 4.78 is 27.9. The van der Waals surface area contributed by atoms with Gasteiger partial charge in [-0.15, -0.1) is 0 Å². The zero-order chi connectivity index (χ0) is 16.2. The van der Waals surface area contributed by atoms with Crippen molar-refractivity contribution in [3.8, 4) is 0 Å². The Morgan fingerprint density at radius 3 is 2.38 bits per heavy atom. The van der Waals surface area contributed by atoms with E-state index >= 15 is 0 Å². The Kier molecular flexibility index (Phi) is 5.62. The second-order valence-electron chi connectivity index (χ2n) is 4.64. The number of aliphatic hydroxyl groups is 1. The zero-order valence-electron chi connectivity index (χ0n) is 11.7. The fourth-order valence-electron chi connectivity index (χ4n) is 1.52. The minimum absolute atomic E-state index is 0.0354. The van der Waals surface area contributed by atoms with Gasteiger partial charge < -0.3 is 15.2 Å². The smallest absolute Gasteiger partial charge is 0.323 e. The highest BCUT2D eigenvalue weighted by Gasteiger charge is 2.33. The fraction of sp³-hybridized carbons (Fsp3) is 0.583. The van der Waals surface area contributed by atoms with Crippen molar-refractivity contribution in [3.63, 3.8) is 0 Å². The molecule has 2 unspecified atom stereocenters. The Balaban J connectivity index is 0.000000471. The molecule has 1 fully saturated rings. The van der Waals surface area contributed by atoms with E-state index in [1.54, 1.807) is 0 Å². The molecule has 8 nitrogen and oxygen atoms in total. The number of aliphatic hydroxyl groups excluding tert-OH is 1. The lowest BCUT2D eigenvalue weighted by Crippen LogP contribution is -2.31. The molecule has 21 heavy (non-hydrogen) atoms. The van der Waals surface area contributed by atoms with Crippen molar-refractivity contribution in [2.24, 2.45) is 0 Å². The summed E-state index contributed by atoms with van der Waals surface area (Å²) >= 11 is 0. The predicted octanol–water partition coefficient (Wildman–Crippen LogP) is -1.66. The van der Waals surface area contributed by atoms with Crippen LogP contribution in [0.2, 0.25) is 0 Å². The van der Waals surface area contributed by atoms with Gasteiger partial charge in [0.25, 0.3) is 0 Å². The lowest BCUT2D eigenvalue weighted by atomic mass is 10.2. The van der Waals surface area contributed by atoms with Crippen LogP contribution in [0.15, 0.2) is 11.6 Å². The van der Waals surface area contributed by atoms with Crippen LogP contribution in [0.4, 0.5) is 0 Å². The highest BCUT2D eigenvalue weighted by molar-refractivity contribution is 7.92. The number of carbonyl (C=O) groups is 3. The van der Waals surface area contributed by atoms with Crippen LogP contribution in [0.3, 0.4) is 0 Å². The summed E-state index contributed by atoms with van der Waals surface area (Å²) in [7, 11) is -2.69. The number of Topliss-reactive ketones (excluding diaryl/α,β-unsaturated/α-hetero) is 1. The molecule has 0 spiro atoms. The summed E-state index contributed by atoms with van der Waals surface area (Å²) in [5, 5.41) is 10.3. The van der Waals surface area contributed by atoms with Crippen molar-refractivity contribution in [1.29, 1.82) is 0 Å².